The zero-order valence-electron chi connectivity index (χ0n) is 17.0. The third-order valence-corrected chi connectivity index (χ3v) is 4.72. The largest absolute Gasteiger partial charge is 0.573 e. The van der Waals surface area contributed by atoms with Crippen molar-refractivity contribution >= 4 is 0 Å². The van der Waals surface area contributed by atoms with E-state index in [0.717, 1.165) is 18.9 Å². The van der Waals surface area contributed by atoms with Gasteiger partial charge in [-0.25, -0.2) is 13.2 Å². The van der Waals surface area contributed by atoms with Crippen LogP contribution in [0.2, 0.25) is 0 Å². The first-order chi connectivity index (χ1) is 15.4. The third-order valence-electron chi connectivity index (χ3n) is 4.72. The fourth-order valence-corrected chi connectivity index (χ4v) is 3.22. The van der Waals surface area contributed by atoms with Crippen molar-refractivity contribution in [2.45, 2.75) is 38.5 Å². The van der Waals surface area contributed by atoms with Crippen molar-refractivity contribution in [3.8, 4) is 11.5 Å². The van der Waals surface area contributed by atoms with Crippen molar-refractivity contribution in [2.75, 3.05) is 13.2 Å². The number of ether oxygens (including phenoxy) is 4. The van der Waals surface area contributed by atoms with Gasteiger partial charge in [0.1, 0.15) is 11.3 Å². The van der Waals surface area contributed by atoms with Crippen LogP contribution in [0.4, 0.5) is 35.1 Å². The lowest BCUT2D eigenvalue weighted by molar-refractivity contribution is -0.275. The minimum Gasteiger partial charge on any atom is -0.429 e. The highest BCUT2D eigenvalue weighted by molar-refractivity contribution is 5.35. The van der Waals surface area contributed by atoms with Crippen LogP contribution in [0.5, 0.6) is 11.5 Å². The maximum Gasteiger partial charge on any atom is 0.573 e. The van der Waals surface area contributed by atoms with Crippen LogP contribution >= 0.6 is 0 Å². The molecular weight excluding hydrogens is 468 g/mol. The Morgan fingerprint density at radius 1 is 0.909 bits per heavy atom. The second kappa shape index (κ2) is 9.72. The molecule has 1 fully saturated rings. The molecule has 3 rings (SSSR count). The first-order valence-corrected chi connectivity index (χ1v) is 9.75. The van der Waals surface area contributed by atoms with Gasteiger partial charge in [-0.15, -0.1) is 13.2 Å². The molecule has 1 heterocycles. The van der Waals surface area contributed by atoms with E-state index >= 15 is 0 Å². The molecule has 1 aliphatic heterocycles. The zero-order chi connectivity index (χ0) is 24.4. The van der Waals surface area contributed by atoms with E-state index in [2.05, 4.69) is 9.47 Å². The van der Waals surface area contributed by atoms with E-state index in [0.29, 0.717) is 18.2 Å². The van der Waals surface area contributed by atoms with Crippen LogP contribution < -0.4 is 9.47 Å². The van der Waals surface area contributed by atoms with Gasteiger partial charge < -0.3 is 18.9 Å². The fourth-order valence-electron chi connectivity index (χ4n) is 3.22. The zero-order valence-corrected chi connectivity index (χ0v) is 17.0. The molecule has 0 bridgehead atoms. The van der Waals surface area contributed by atoms with Gasteiger partial charge >= 0.3 is 12.5 Å². The van der Waals surface area contributed by atoms with Crippen LogP contribution in [0.25, 0.3) is 0 Å². The minimum absolute atomic E-state index is 0.0736. The summed E-state index contributed by atoms with van der Waals surface area (Å²) in [4.78, 5) is 0. The van der Waals surface area contributed by atoms with Crippen molar-refractivity contribution in [1.29, 1.82) is 0 Å². The Kier molecular flexibility index (Phi) is 7.37. The number of alkyl halides is 5. The van der Waals surface area contributed by atoms with Crippen LogP contribution in [0, 0.1) is 23.4 Å². The molecular formula is C21H18F8O4. The molecule has 33 heavy (non-hydrogen) atoms. The normalized spacial score (nSPS) is 19.4. The predicted octanol–water partition coefficient (Wildman–Crippen LogP) is 6.59. The highest BCUT2D eigenvalue weighted by Gasteiger charge is 2.41. The predicted molar refractivity (Wildman–Crippen MR) is 97.0 cm³/mol. The molecule has 0 atom stereocenters. The molecule has 0 spiro atoms. The van der Waals surface area contributed by atoms with Crippen molar-refractivity contribution in [2.24, 2.45) is 5.92 Å². The molecule has 0 radical (unpaired) electrons. The molecule has 0 aliphatic carbocycles. The second-order valence-electron chi connectivity index (χ2n) is 7.24. The number of hydrogen-bond donors (Lipinski definition) is 0. The smallest absolute Gasteiger partial charge is 0.429 e. The molecule has 0 amide bonds. The Labute approximate surface area is 183 Å². The SMILES string of the molecule is CCCC1COC(c2ccc(C(F)(F)Oc3ccc(OC(F)(F)F)c(F)c3)c(F)c2F)OC1. The van der Waals surface area contributed by atoms with Gasteiger partial charge in [-0.2, -0.15) is 8.78 Å². The maximum atomic E-state index is 14.5. The molecule has 0 saturated carbocycles. The fraction of sp³-hybridized carbons (Fsp3) is 0.429. The number of rotatable bonds is 7. The summed E-state index contributed by atoms with van der Waals surface area (Å²) in [7, 11) is 0. The number of halogens is 8. The van der Waals surface area contributed by atoms with Crippen molar-refractivity contribution in [3.63, 3.8) is 0 Å². The van der Waals surface area contributed by atoms with Gasteiger partial charge in [-0.3, -0.25) is 0 Å². The molecule has 1 saturated heterocycles. The molecule has 4 nitrogen and oxygen atoms in total. The van der Waals surface area contributed by atoms with E-state index < -0.39 is 58.8 Å². The molecule has 0 N–H and O–H groups in total. The van der Waals surface area contributed by atoms with Crippen LogP contribution in [-0.4, -0.2) is 19.6 Å². The number of benzene rings is 2. The third kappa shape index (κ3) is 6.05. The molecule has 1 aliphatic rings. The standard InChI is InChI=1S/C21H18F8O4/c1-2-3-11-9-30-19(31-10-11)13-5-6-14(18(24)17(13)23)20(25,26)32-12-4-7-16(15(22)8-12)33-21(27,28)29/h4-8,11,19H,2-3,9-10H2,1H3. The van der Waals surface area contributed by atoms with Crippen LogP contribution in [-0.2, 0) is 15.6 Å². The minimum atomic E-state index is -5.21. The van der Waals surface area contributed by atoms with Gasteiger partial charge in [0.05, 0.1) is 13.2 Å². The highest BCUT2D eigenvalue weighted by atomic mass is 19.4. The Morgan fingerprint density at radius 2 is 1.58 bits per heavy atom. The summed E-state index contributed by atoms with van der Waals surface area (Å²) in [6.07, 6.45) is -9.32. The van der Waals surface area contributed by atoms with Crippen molar-refractivity contribution in [1.82, 2.24) is 0 Å². The van der Waals surface area contributed by atoms with Gasteiger partial charge in [-0.05, 0) is 24.6 Å². The maximum absolute atomic E-state index is 14.5. The van der Waals surface area contributed by atoms with E-state index in [-0.39, 0.29) is 25.2 Å². The van der Waals surface area contributed by atoms with Crippen molar-refractivity contribution < 1.29 is 54.1 Å². The van der Waals surface area contributed by atoms with E-state index in [9.17, 15) is 35.1 Å². The quantitative estimate of drug-likeness (QED) is 0.414. The molecule has 2 aromatic rings. The summed E-state index contributed by atoms with van der Waals surface area (Å²) >= 11 is 0. The van der Waals surface area contributed by atoms with Crippen molar-refractivity contribution in [3.05, 3.63) is 58.9 Å². The lowest BCUT2D eigenvalue weighted by atomic mass is 10.0. The summed E-state index contributed by atoms with van der Waals surface area (Å²) in [6.45, 7) is 2.40. The average molecular weight is 486 g/mol. The number of hydrogen-bond acceptors (Lipinski definition) is 4. The van der Waals surface area contributed by atoms with E-state index in [1.54, 1.807) is 0 Å². The molecule has 12 heteroatoms. The summed E-state index contributed by atoms with van der Waals surface area (Å²) in [5.41, 5.74) is -1.94. The topological polar surface area (TPSA) is 36.9 Å². The Balaban J connectivity index is 1.77. The van der Waals surface area contributed by atoms with Gasteiger partial charge in [0, 0.05) is 17.5 Å². The summed E-state index contributed by atoms with van der Waals surface area (Å²) < 4.78 is 127. The second-order valence-corrected chi connectivity index (χ2v) is 7.24. The lowest BCUT2D eigenvalue weighted by Crippen LogP contribution is -2.28. The van der Waals surface area contributed by atoms with Crippen LogP contribution in [0.3, 0.4) is 0 Å². The van der Waals surface area contributed by atoms with Gasteiger partial charge in [0.2, 0.25) is 0 Å². The van der Waals surface area contributed by atoms with Crippen LogP contribution in [0.1, 0.15) is 37.2 Å². The molecule has 2 aromatic carbocycles. The van der Waals surface area contributed by atoms with E-state index in [1.807, 2.05) is 6.92 Å². The van der Waals surface area contributed by atoms with E-state index in [4.69, 9.17) is 9.47 Å². The average Bonchev–Trinajstić information content (AvgIpc) is 2.72. The first-order valence-electron chi connectivity index (χ1n) is 9.75. The van der Waals surface area contributed by atoms with Gasteiger partial charge in [0.15, 0.2) is 29.5 Å². The monoisotopic (exact) mass is 486 g/mol. The summed E-state index contributed by atoms with van der Waals surface area (Å²) in [5, 5.41) is 0. The summed E-state index contributed by atoms with van der Waals surface area (Å²) in [6, 6.07) is 2.54. The molecule has 182 valence electrons. The van der Waals surface area contributed by atoms with E-state index in [1.165, 1.54) is 0 Å². The first kappa shape index (κ1) is 25.0. The Hall–Kier alpha value is -2.60. The Morgan fingerprint density at radius 3 is 2.15 bits per heavy atom. The van der Waals surface area contributed by atoms with Gasteiger partial charge in [-0.1, -0.05) is 19.4 Å². The summed E-state index contributed by atoms with van der Waals surface area (Å²) in [5.74, 6) is -7.40. The lowest BCUT2D eigenvalue weighted by Gasteiger charge is -2.30. The van der Waals surface area contributed by atoms with Crippen LogP contribution in [0.15, 0.2) is 30.3 Å². The van der Waals surface area contributed by atoms with Gasteiger partial charge in [0.25, 0.3) is 0 Å². The molecule has 0 unspecified atom stereocenters. The molecule has 0 aromatic heterocycles. The highest BCUT2D eigenvalue weighted by Crippen LogP contribution is 2.38. The Bertz CT molecular complexity index is 971.